The van der Waals surface area contributed by atoms with Gasteiger partial charge >= 0.3 is 0 Å². The topological polar surface area (TPSA) is 77.8 Å². The van der Waals surface area contributed by atoms with E-state index in [4.69, 9.17) is 10.2 Å². The smallest absolute Gasteiger partial charge is 0.213 e. The highest BCUT2D eigenvalue weighted by molar-refractivity contribution is 7.89. The minimum Gasteiger partial charge on any atom is -0.395 e. The normalized spacial score (nSPS) is 12.3. The summed E-state index contributed by atoms with van der Waals surface area (Å²) in [5.41, 5.74) is 0. The number of hydrogen-bond donors (Lipinski definition) is 2. The van der Waals surface area contributed by atoms with E-state index in [1.54, 1.807) is 0 Å². The average molecular weight is 197 g/mol. The second kappa shape index (κ2) is 5.47. The van der Waals surface area contributed by atoms with E-state index in [0.717, 1.165) is 4.31 Å². The predicted molar refractivity (Wildman–Crippen MR) is 45.2 cm³/mol. The number of nitrogens with zero attached hydrogens (tertiary/aromatic N) is 1. The molecule has 74 valence electrons. The molecule has 0 amide bonds. The lowest BCUT2D eigenvalue weighted by Crippen LogP contribution is -2.36. The highest BCUT2D eigenvalue weighted by Crippen LogP contribution is 1.99. The van der Waals surface area contributed by atoms with Crippen molar-refractivity contribution in [1.29, 1.82) is 0 Å². The van der Waals surface area contributed by atoms with Crippen molar-refractivity contribution in [3.63, 3.8) is 0 Å². The first kappa shape index (κ1) is 11.8. The van der Waals surface area contributed by atoms with Gasteiger partial charge in [-0.25, -0.2) is 8.42 Å². The van der Waals surface area contributed by atoms with Crippen LogP contribution in [0.25, 0.3) is 0 Å². The summed E-state index contributed by atoms with van der Waals surface area (Å²) in [6.07, 6.45) is 0. The van der Waals surface area contributed by atoms with Gasteiger partial charge in [-0.05, 0) is 6.92 Å². The number of hydrogen-bond acceptors (Lipinski definition) is 4. The van der Waals surface area contributed by atoms with Crippen molar-refractivity contribution in [2.75, 3.05) is 32.1 Å². The molecule has 0 bridgehead atoms. The Morgan fingerprint density at radius 3 is 1.83 bits per heavy atom. The molecule has 5 nitrogen and oxygen atoms in total. The van der Waals surface area contributed by atoms with Crippen LogP contribution in [0, 0.1) is 0 Å². The van der Waals surface area contributed by atoms with Gasteiger partial charge in [-0.15, -0.1) is 0 Å². The van der Waals surface area contributed by atoms with E-state index in [0.29, 0.717) is 0 Å². The van der Waals surface area contributed by atoms with Gasteiger partial charge in [0.25, 0.3) is 0 Å². The van der Waals surface area contributed by atoms with Gasteiger partial charge in [-0.3, -0.25) is 0 Å². The number of aliphatic hydroxyl groups is 2. The molecule has 0 aromatic heterocycles. The van der Waals surface area contributed by atoms with E-state index in [2.05, 4.69) is 0 Å². The Kier molecular flexibility index (Phi) is 5.39. The molecule has 0 atom stereocenters. The van der Waals surface area contributed by atoms with E-state index in [1.807, 2.05) is 0 Å². The van der Waals surface area contributed by atoms with Crippen molar-refractivity contribution in [1.82, 2.24) is 4.31 Å². The van der Waals surface area contributed by atoms with Gasteiger partial charge in [-0.1, -0.05) is 0 Å². The summed E-state index contributed by atoms with van der Waals surface area (Å²) in [7, 11) is -3.27. The minimum absolute atomic E-state index is 0.00694. The molecule has 0 rings (SSSR count). The van der Waals surface area contributed by atoms with Gasteiger partial charge in [0.15, 0.2) is 0 Å². The van der Waals surface area contributed by atoms with Crippen molar-refractivity contribution in [3.8, 4) is 0 Å². The fraction of sp³-hybridized carbons (Fsp3) is 1.00. The zero-order valence-corrected chi connectivity index (χ0v) is 7.92. The SMILES string of the molecule is CCS(=O)(=O)N(CCO)CCO. The van der Waals surface area contributed by atoms with Crippen LogP contribution >= 0.6 is 0 Å². The molecular formula is C6H15NO4S. The van der Waals surface area contributed by atoms with E-state index in [1.165, 1.54) is 6.92 Å². The van der Waals surface area contributed by atoms with E-state index >= 15 is 0 Å². The Morgan fingerprint density at radius 1 is 1.17 bits per heavy atom. The van der Waals surface area contributed by atoms with Crippen molar-refractivity contribution in [3.05, 3.63) is 0 Å². The quantitative estimate of drug-likeness (QED) is 0.550. The Labute approximate surface area is 72.7 Å². The van der Waals surface area contributed by atoms with Crippen molar-refractivity contribution in [2.24, 2.45) is 0 Å². The first-order valence-corrected chi connectivity index (χ1v) is 5.39. The molecule has 0 aromatic rings. The van der Waals surface area contributed by atoms with Gasteiger partial charge in [0.1, 0.15) is 0 Å². The number of rotatable bonds is 6. The second-order valence-electron chi connectivity index (χ2n) is 2.25. The zero-order valence-electron chi connectivity index (χ0n) is 7.10. The largest absolute Gasteiger partial charge is 0.395 e. The van der Waals surface area contributed by atoms with Crippen LogP contribution in [0.1, 0.15) is 6.92 Å². The van der Waals surface area contributed by atoms with Crippen LogP contribution < -0.4 is 0 Å². The molecule has 2 N–H and O–H groups in total. The highest BCUT2D eigenvalue weighted by atomic mass is 32.2. The van der Waals surface area contributed by atoms with Gasteiger partial charge in [0.2, 0.25) is 10.0 Å². The third kappa shape index (κ3) is 3.48. The van der Waals surface area contributed by atoms with E-state index < -0.39 is 10.0 Å². The van der Waals surface area contributed by atoms with Gasteiger partial charge < -0.3 is 10.2 Å². The fourth-order valence-corrected chi connectivity index (χ4v) is 1.88. The molecule has 0 saturated heterocycles. The maximum atomic E-state index is 11.2. The number of aliphatic hydroxyl groups excluding tert-OH is 2. The van der Waals surface area contributed by atoms with Crippen LogP contribution in [0.2, 0.25) is 0 Å². The summed E-state index contributed by atoms with van der Waals surface area (Å²) in [6.45, 7) is 1.18. The molecule has 0 fully saturated rings. The molecule has 0 unspecified atom stereocenters. The molecule has 0 aliphatic rings. The summed E-state index contributed by atoms with van der Waals surface area (Å²) >= 11 is 0. The van der Waals surface area contributed by atoms with E-state index in [-0.39, 0.29) is 32.1 Å². The van der Waals surface area contributed by atoms with Crippen LogP contribution in [-0.2, 0) is 10.0 Å². The van der Waals surface area contributed by atoms with Crippen LogP contribution in [0.15, 0.2) is 0 Å². The molecule has 6 heteroatoms. The lowest BCUT2D eigenvalue weighted by molar-refractivity contribution is 0.217. The summed E-state index contributed by atoms with van der Waals surface area (Å²) < 4.78 is 23.4. The highest BCUT2D eigenvalue weighted by Gasteiger charge is 2.17. The molecule has 0 spiro atoms. The van der Waals surface area contributed by atoms with Gasteiger partial charge in [-0.2, -0.15) is 4.31 Å². The fourth-order valence-electron chi connectivity index (χ4n) is 0.796. The molecular weight excluding hydrogens is 182 g/mol. The molecule has 0 heterocycles. The molecule has 0 aromatic carbocycles. The zero-order chi connectivity index (χ0) is 9.61. The standard InChI is InChI=1S/C6H15NO4S/c1-2-12(10,11)7(3-5-8)4-6-9/h8-9H,2-6H2,1H3. The van der Waals surface area contributed by atoms with Crippen LogP contribution in [-0.4, -0.2) is 55.0 Å². The maximum Gasteiger partial charge on any atom is 0.213 e. The summed E-state index contributed by atoms with van der Waals surface area (Å²) in [5.74, 6) is -0.00694. The minimum atomic E-state index is -3.27. The number of sulfonamides is 1. The second-order valence-corrected chi connectivity index (χ2v) is 4.50. The maximum absolute atomic E-state index is 11.2. The molecule has 0 aliphatic heterocycles. The lowest BCUT2D eigenvalue weighted by Gasteiger charge is -2.18. The average Bonchev–Trinajstić information content (AvgIpc) is 2.04. The van der Waals surface area contributed by atoms with Crippen LogP contribution in [0.5, 0.6) is 0 Å². The molecule has 0 aliphatic carbocycles. The predicted octanol–water partition coefficient (Wildman–Crippen LogP) is -1.38. The summed E-state index contributed by atoms with van der Waals surface area (Å²) in [6, 6.07) is 0. The first-order valence-electron chi connectivity index (χ1n) is 3.78. The van der Waals surface area contributed by atoms with Crippen LogP contribution in [0.4, 0.5) is 0 Å². The van der Waals surface area contributed by atoms with Gasteiger partial charge in [0.05, 0.1) is 19.0 Å². The lowest BCUT2D eigenvalue weighted by atomic mass is 10.6. The monoisotopic (exact) mass is 197 g/mol. The molecule has 0 saturated carbocycles. The van der Waals surface area contributed by atoms with Gasteiger partial charge in [0, 0.05) is 13.1 Å². The molecule has 0 radical (unpaired) electrons. The Bertz CT molecular complexity index is 196. The summed E-state index contributed by atoms with van der Waals surface area (Å²) in [4.78, 5) is 0. The van der Waals surface area contributed by atoms with Crippen LogP contribution in [0.3, 0.4) is 0 Å². The molecule has 12 heavy (non-hydrogen) atoms. The van der Waals surface area contributed by atoms with Crippen molar-refractivity contribution >= 4 is 10.0 Å². The third-order valence-electron chi connectivity index (χ3n) is 1.46. The van der Waals surface area contributed by atoms with E-state index in [9.17, 15) is 8.42 Å². The van der Waals surface area contributed by atoms with Crippen molar-refractivity contribution in [2.45, 2.75) is 6.92 Å². The van der Waals surface area contributed by atoms with Crippen molar-refractivity contribution < 1.29 is 18.6 Å². The first-order chi connectivity index (χ1) is 5.58. The summed E-state index contributed by atoms with van der Waals surface area (Å²) in [5, 5.41) is 17.1. The Balaban J connectivity index is 4.28. The third-order valence-corrected chi connectivity index (χ3v) is 3.34. The Morgan fingerprint density at radius 2 is 1.58 bits per heavy atom. The Hall–Kier alpha value is -0.170.